The van der Waals surface area contributed by atoms with E-state index >= 15 is 0 Å². The molecule has 1 aliphatic rings. The van der Waals surface area contributed by atoms with Crippen molar-refractivity contribution < 1.29 is 13.2 Å². The molecule has 1 unspecified atom stereocenters. The van der Waals surface area contributed by atoms with E-state index in [1.807, 2.05) is 13.8 Å². The third-order valence-electron chi connectivity index (χ3n) is 2.43. The standard InChI is InChI=1S/C9H16O3S/c1-7(2)9(10)8-4-3-5-13(11,12)6-8/h7-8H,3-6H2,1-2H3. The van der Waals surface area contributed by atoms with E-state index in [4.69, 9.17) is 0 Å². The number of carbonyl (C=O) groups excluding carboxylic acids is 1. The fourth-order valence-electron chi connectivity index (χ4n) is 1.72. The molecule has 1 atom stereocenters. The highest BCUT2D eigenvalue weighted by atomic mass is 32.2. The Balaban J connectivity index is 2.68. The molecule has 1 fully saturated rings. The van der Waals surface area contributed by atoms with Crippen LogP contribution in [0.5, 0.6) is 0 Å². The van der Waals surface area contributed by atoms with Gasteiger partial charge in [-0.2, -0.15) is 0 Å². The molecule has 0 spiro atoms. The molecule has 1 heterocycles. The van der Waals surface area contributed by atoms with Gasteiger partial charge in [-0.15, -0.1) is 0 Å². The maximum Gasteiger partial charge on any atom is 0.151 e. The molecule has 13 heavy (non-hydrogen) atoms. The summed E-state index contributed by atoms with van der Waals surface area (Å²) in [5.41, 5.74) is 0. The Labute approximate surface area is 79.4 Å². The van der Waals surface area contributed by atoms with Gasteiger partial charge in [-0.25, -0.2) is 8.42 Å². The van der Waals surface area contributed by atoms with Crippen molar-refractivity contribution in [3.05, 3.63) is 0 Å². The summed E-state index contributed by atoms with van der Waals surface area (Å²) in [6, 6.07) is 0. The summed E-state index contributed by atoms with van der Waals surface area (Å²) in [7, 11) is -2.93. The topological polar surface area (TPSA) is 51.2 Å². The average Bonchev–Trinajstić information content (AvgIpc) is 2.01. The van der Waals surface area contributed by atoms with Gasteiger partial charge in [-0.1, -0.05) is 13.8 Å². The number of ketones is 1. The summed E-state index contributed by atoms with van der Waals surface area (Å²) in [5, 5.41) is 0. The van der Waals surface area contributed by atoms with Gasteiger partial charge in [0.05, 0.1) is 11.5 Å². The summed E-state index contributed by atoms with van der Waals surface area (Å²) in [6.45, 7) is 3.65. The molecule has 0 aromatic heterocycles. The SMILES string of the molecule is CC(C)C(=O)C1CCCS(=O)(=O)C1. The Hall–Kier alpha value is -0.380. The van der Waals surface area contributed by atoms with Gasteiger partial charge in [0.15, 0.2) is 9.84 Å². The van der Waals surface area contributed by atoms with E-state index < -0.39 is 9.84 Å². The lowest BCUT2D eigenvalue weighted by Gasteiger charge is -2.22. The number of rotatable bonds is 2. The monoisotopic (exact) mass is 204 g/mol. The van der Waals surface area contributed by atoms with Crippen LogP contribution < -0.4 is 0 Å². The van der Waals surface area contributed by atoms with Gasteiger partial charge in [0, 0.05) is 11.8 Å². The van der Waals surface area contributed by atoms with Gasteiger partial charge in [0.1, 0.15) is 5.78 Å². The van der Waals surface area contributed by atoms with Gasteiger partial charge >= 0.3 is 0 Å². The maximum absolute atomic E-state index is 11.5. The van der Waals surface area contributed by atoms with Gasteiger partial charge in [-0.05, 0) is 12.8 Å². The smallest absolute Gasteiger partial charge is 0.151 e. The predicted molar refractivity (Wildman–Crippen MR) is 51.2 cm³/mol. The van der Waals surface area contributed by atoms with Crippen LogP contribution in [0, 0.1) is 11.8 Å². The first-order valence-corrected chi connectivity index (χ1v) is 6.48. The number of sulfone groups is 1. The molecule has 3 nitrogen and oxygen atoms in total. The van der Waals surface area contributed by atoms with Crippen LogP contribution in [-0.2, 0) is 14.6 Å². The number of Topliss-reactive ketones (excluding diaryl/α,β-unsaturated/α-hetero) is 1. The highest BCUT2D eigenvalue weighted by molar-refractivity contribution is 7.91. The summed E-state index contributed by atoms with van der Waals surface area (Å²) < 4.78 is 22.5. The maximum atomic E-state index is 11.5. The van der Waals surface area contributed by atoms with Crippen LogP contribution in [0.2, 0.25) is 0 Å². The zero-order valence-electron chi connectivity index (χ0n) is 8.12. The van der Waals surface area contributed by atoms with E-state index in [1.54, 1.807) is 0 Å². The molecule has 0 radical (unpaired) electrons. The van der Waals surface area contributed by atoms with Crippen LogP contribution >= 0.6 is 0 Å². The molecule has 4 heteroatoms. The Kier molecular flexibility index (Phi) is 3.11. The average molecular weight is 204 g/mol. The van der Waals surface area contributed by atoms with Crippen molar-refractivity contribution >= 4 is 15.6 Å². The second kappa shape index (κ2) is 3.78. The fraction of sp³-hybridized carbons (Fsp3) is 0.889. The van der Waals surface area contributed by atoms with Gasteiger partial charge in [0.25, 0.3) is 0 Å². The van der Waals surface area contributed by atoms with Crippen LogP contribution in [0.25, 0.3) is 0 Å². The first kappa shape index (κ1) is 10.7. The zero-order valence-corrected chi connectivity index (χ0v) is 8.93. The van der Waals surface area contributed by atoms with Crippen molar-refractivity contribution in [2.75, 3.05) is 11.5 Å². The van der Waals surface area contributed by atoms with Crippen LogP contribution in [0.3, 0.4) is 0 Å². The van der Waals surface area contributed by atoms with Gasteiger partial charge in [0.2, 0.25) is 0 Å². The molecular weight excluding hydrogens is 188 g/mol. The third-order valence-corrected chi connectivity index (χ3v) is 4.26. The molecule has 0 aromatic carbocycles. The van der Waals surface area contributed by atoms with Crippen molar-refractivity contribution in [1.82, 2.24) is 0 Å². The second-order valence-electron chi connectivity index (χ2n) is 4.01. The molecule has 0 aliphatic carbocycles. The largest absolute Gasteiger partial charge is 0.299 e. The molecule has 1 saturated heterocycles. The molecule has 0 amide bonds. The van der Waals surface area contributed by atoms with Gasteiger partial charge in [-0.3, -0.25) is 4.79 Å². The van der Waals surface area contributed by atoms with Crippen molar-refractivity contribution in [3.63, 3.8) is 0 Å². The van der Waals surface area contributed by atoms with Crippen LogP contribution in [0.15, 0.2) is 0 Å². The lowest BCUT2D eigenvalue weighted by atomic mass is 9.93. The van der Waals surface area contributed by atoms with Crippen molar-refractivity contribution in [1.29, 1.82) is 0 Å². The minimum absolute atomic E-state index is 0.0432. The molecule has 1 rings (SSSR count). The molecular formula is C9H16O3S. The zero-order chi connectivity index (χ0) is 10.1. The highest BCUT2D eigenvalue weighted by Gasteiger charge is 2.30. The van der Waals surface area contributed by atoms with E-state index in [9.17, 15) is 13.2 Å². The molecule has 0 aromatic rings. The summed E-state index contributed by atoms with van der Waals surface area (Å²) in [6.07, 6.45) is 1.39. The highest BCUT2D eigenvalue weighted by Crippen LogP contribution is 2.21. The molecule has 0 bridgehead atoms. The Morgan fingerprint density at radius 2 is 2.00 bits per heavy atom. The minimum atomic E-state index is -2.93. The molecule has 0 saturated carbocycles. The molecule has 76 valence electrons. The van der Waals surface area contributed by atoms with E-state index in [0.29, 0.717) is 6.42 Å². The van der Waals surface area contributed by atoms with Crippen LogP contribution in [-0.4, -0.2) is 25.7 Å². The van der Waals surface area contributed by atoms with Crippen molar-refractivity contribution in [2.45, 2.75) is 26.7 Å². The van der Waals surface area contributed by atoms with E-state index in [0.717, 1.165) is 6.42 Å². The quantitative estimate of drug-likeness (QED) is 0.675. The first-order chi connectivity index (χ1) is 5.92. The fourth-order valence-corrected chi connectivity index (χ4v) is 3.44. The lowest BCUT2D eigenvalue weighted by Crippen LogP contribution is -2.32. The van der Waals surface area contributed by atoms with Gasteiger partial charge < -0.3 is 0 Å². The van der Waals surface area contributed by atoms with E-state index in [1.165, 1.54) is 0 Å². The summed E-state index contributed by atoms with van der Waals surface area (Å²) in [5.74, 6) is 0.152. The number of carbonyl (C=O) groups is 1. The Bertz CT molecular complexity index is 290. The molecule has 1 aliphatic heterocycles. The van der Waals surface area contributed by atoms with Crippen LogP contribution in [0.1, 0.15) is 26.7 Å². The minimum Gasteiger partial charge on any atom is -0.299 e. The van der Waals surface area contributed by atoms with E-state index in [-0.39, 0.29) is 29.1 Å². The third kappa shape index (κ3) is 2.79. The first-order valence-electron chi connectivity index (χ1n) is 4.66. The normalized spacial score (nSPS) is 27.5. The Morgan fingerprint density at radius 3 is 2.46 bits per heavy atom. The van der Waals surface area contributed by atoms with Crippen molar-refractivity contribution in [3.8, 4) is 0 Å². The molecule has 0 N–H and O–H groups in total. The van der Waals surface area contributed by atoms with Crippen molar-refractivity contribution in [2.24, 2.45) is 11.8 Å². The summed E-state index contributed by atoms with van der Waals surface area (Å²) in [4.78, 5) is 11.5. The number of hydrogen-bond acceptors (Lipinski definition) is 3. The predicted octanol–water partition coefficient (Wildman–Crippen LogP) is 1.04. The van der Waals surface area contributed by atoms with Crippen LogP contribution in [0.4, 0.5) is 0 Å². The second-order valence-corrected chi connectivity index (χ2v) is 6.24. The number of hydrogen-bond donors (Lipinski definition) is 0. The lowest BCUT2D eigenvalue weighted by molar-refractivity contribution is -0.125. The summed E-state index contributed by atoms with van der Waals surface area (Å²) >= 11 is 0. The van der Waals surface area contributed by atoms with E-state index in [2.05, 4.69) is 0 Å². The Morgan fingerprint density at radius 1 is 1.38 bits per heavy atom.